The number of carbonyl (C=O) groups is 1. The van der Waals surface area contributed by atoms with Crippen LogP contribution in [-0.2, 0) is 11.3 Å². The zero-order valence-electron chi connectivity index (χ0n) is 12.1. The van der Waals surface area contributed by atoms with Crippen LogP contribution in [0.1, 0.15) is 18.8 Å². The number of rotatable bonds is 5. The fourth-order valence-corrected chi connectivity index (χ4v) is 2.19. The molecule has 0 bridgehead atoms. The van der Waals surface area contributed by atoms with Gasteiger partial charge < -0.3 is 19.3 Å². The van der Waals surface area contributed by atoms with Gasteiger partial charge in [-0.2, -0.15) is 0 Å². The summed E-state index contributed by atoms with van der Waals surface area (Å²) in [7, 11) is 5.45. The third-order valence-corrected chi connectivity index (χ3v) is 3.17. The summed E-state index contributed by atoms with van der Waals surface area (Å²) in [5.74, 6) is 0.565. The van der Waals surface area contributed by atoms with E-state index >= 15 is 0 Å². The van der Waals surface area contributed by atoms with Gasteiger partial charge in [-0.3, -0.25) is 0 Å². The van der Waals surface area contributed by atoms with Crippen LogP contribution in [-0.4, -0.2) is 46.7 Å². The van der Waals surface area contributed by atoms with Gasteiger partial charge in [0, 0.05) is 6.07 Å². The zero-order valence-corrected chi connectivity index (χ0v) is 12.1. The normalized spacial score (nSPS) is 12.8. The summed E-state index contributed by atoms with van der Waals surface area (Å²) < 4.78 is 6.95. The van der Waals surface area contributed by atoms with Crippen LogP contribution in [0.15, 0.2) is 18.2 Å². The summed E-state index contributed by atoms with van der Waals surface area (Å²) in [6, 6.07) is 4.82. The number of imidazole rings is 1. The molecule has 0 aliphatic heterocycles. The largest absolute Gasteiger partial charge is 0.497 e. The molecule has 1 N–H and O–H groups in total. The van der Waals surface area contributed by atoms with Crippen LogP contribution in [0, 0.1) is 0 Å². The first-order chi connectivity index (χ1) is 9.43. The van der Waals surface area contributed by atoms with E-state index < -0.39 is 12.0 Å². The van der Waals surface area contributed by atoms with Gasteiger partial charge in [-0.05, 0) is 33.2 Å². The van der Waals surface area contributed by atoms with E-state index in [4.69, 9.17) is 4.74 Å². The zero-order chi connectivity index (χ0) is 14.9. The molecule has 0 amide bonds. The highest BCUT2D eigenvalue weighted by Crippen LogP contribution is 2.25. The molecule has 0 fully saturated rings. The molecular formula is C14H19N3O3. The first kappa shape index (κ1) is 14.3. The molecule has 0 saturated carbocycles. The number of hydrogen-bond acceptors (Lipinski definition) is 4. The van der Waals surface area contributed by atoms with E-state index in [2.05, 4.69) is 4.98 Å². The highest BCUT2D eigenvalue weighted by atomic mass is 16.5. The van der Waals surface area contributed by atoms with Crippen LogP contribution in [0.2, 0.25) is 0 Å². The van der Waals surface area contributed by atoms with E-state index in [1.54, 1.807) is 18.6 Å². The second-order valence-corrected chi connectivity index (χ2v) is 5.00. The lowest BCUT2D eigenvalue weighted by molar-refractivity contribution is -0.140. The summed E-state index contributed by atoms with van der Waals surface area (Å²) in [6.45, 7) is 2.24. The van der Waals surface area contributed by atoms with Gasteiger partial charge in [0.25, 0.3) is 0 Å². The second-order valence-electron chi connectivity index (χ2n) is 5.00. The van der Waals surface area contributed by atoms with Gasteiger partial charge in [-0.1, -0.05) is 0 Å². The van der Waals surface area contributed by atoms with Gasteiger partial charge in [0.2, 0.25) is 0 Å². The van der Waals surface area contributed by atoms with Crippen molar-refractivity contribution in [2.24, 2.45) is 0 Å². The lowest BCUT2D eigenvalue weighted by Gasteiger charge is -2.16. The average molecular weight is 277 g/mol. The van der Waals surface area contributed by atoms with E-state index in [9.17, 15) is 9.90 Å². The van der Waals surface area contributed by atoms with Gasteiger partial charge in [0.15, 0.2) is 0 Å². The fourth-order valence-electron chi connectivity index (χ4n) is 2.19. The number of aromatic nitrogens is 2. The molecule has 1 aromatic heterocycles. The van der Waals surface area contributed by atoms with E-state index in [0.717, 1.165) is 16.9 Å². The number of carboxylic acid groups (broad SMARTS) is 1. The number of aliphatic carboxylic acids is 1. The van der Waals surface area contributed by atoms with E-state index in [0.29, 0.717) is 12.3 Å². The second kappa shape index (κ2) is 5.50. The monoisotopic (exact) mass is 277 g/mol. The molecule has 0 saturated heterocycles. The van der Waals surface area contributed by atoms with Gasteiger partial charge in [0.05, 0.1) is 24.7 Å². The third kappa shape index (κ3) is 2.60. The van der Waals surface area contributed by atoms with Crippen molar-refractivity contribution >= 4 is 17.0 Å². The van der Waals surface area contributed by atoms with Gasteiger partial charge in [0.1, 0.15) is 17.6 Å². The minimum absolute atomic E-state index is 0.578. The van der Waals surface area contributed by atoms with Crippen LogP contribution in [0.25, 0.3) is 11.0 Å². The van der Waals surface area contributed by atoms with Crippen molar-refractivity contribution in [2.75, 3.05) is 21.2 Å². The third-order valence-electron chi connectivity index (χ3n) is 3.17. The number of hydrogen-bond donors (Lipinski definition) is 1. The van der Waals surface area contributed by atoms with Crippen molar-refractivity contribution in [3.63, 3.8) is 0 Å². The number of benzene rings is 1. The summed E-state index contributed by atoms with van der Waals surface area (Å²) in [6.07, 6.45) is 0. The predicted octanol–water partition coefficient (Wildman–Crippen LogP) is 1.75. The molecule has 2 aromatic rings. The number of nitrogens with zero attached hydrogens (tertiary/aromatic N) is 3. The van der Waals surface area contributed by atoms with E-state index in [1.165, 1.54) is 0 Å². The molecule has 108 valence electrons. The van der Waals surface area contributed by atoms with Crippen LogP contribution < -0.4 is 4.74 Å². The maximum Gasteiger partial charge on any atom is 0.326 e. The Hall–Kier alpha value is -2.08. The van der Waals surface area contributed by atoms with Crippen molar-refractivity contribution in [3.8, 4) is 5.75 Å². The molecule has 1 aromatic carbocycles. The molecule has 1 atom stereocenters. The molecule has 0 spiro atoms. The van der Waals surface area contributed by atoms with Gasteiger partial charge >= 0.3 is 5.97 Å². The van der Waals surface area contributed by atoms with Crippen LogP contribution in [0.5, 0.6) is 5.75 Å². The minimum Gasteiger partial charge on any atom is -0.497 e. The van der Waals surface area contributed by atoms with Crippen molar-refractivity contribution in [1.29, 1.82) is 0 Å². The van der Waals surface area contributed by atoms with E-state index in [1.807, 2.05) is 37.2 Å². The predicted molar refractivity (Wildman–Crippen MR) is 76.0 cm³/mol. The Morgan fingerprint density at radius 2 is 2.20 bits per heavy atom. The molecule has 0 aliphatic rings. The Bertz CT molecular complexity index is 634. The Labute approximate surface area is 117 Å². The Kier molecular flexibility index (Phi) is 3.94. The topological polar surface area (TPSA) is 67.6 Å². The Morgan fingerprint density at radius 3 is 2.75 bits per heavy atom. The van der Waals surface area contributed by atoms with Gasteiger partial charge in [-0.15, -0.1) is 0 Å². The van der Waals surface area contributed by atoms with Crippen molar-refractivity contribution < 1.29 is 14.6 Å². The summed E-state index contributed by atoms with van der Waals surface area (Å²) in [5, 5.41) is 9.29. The lowest BCUT2D eigenvalue weighted by atomic mass is 10.2. The van der Waals surface area contributed by atoms with E-state index in [-0.39, 0.29) is 0 Å². The van der Waals surface area contributed by atoms with Crippen LogP contribution in [0.3, 0.4) is 0 Å². The molecule has 1 unspecified atom stereocenters. The Morgan fingerprint density at radius 1 is 1.50 bits per heavy atom. The van der Waals surface area contributed by atoms with Crippen molar-refractivity contribution in [3.05, 3.63) is 24.0 Å². The van der Waals surface area contributed by atoms with Crippen molar-refractivity contribution in [2.45, 2.75) is 19.5 Å². The highest BCUT2D eigenvalue weighted by molar-refractivity contribution is 5.81. The number of ether oxygens (including phenoxy) is 1. The molecule has 2 rings (SSSR count). The smallest absolute Gasteiger partial charge is 0.326 e. The minimum atomic E-state index is -0.875. The highest BCUT2D eigenvalue weighted by Gasteiger charge is 2.21. The quantitative estimate of drug-likeness (QED) is 0.902. The molecule has 1 heterocycles. The van der Waals surface area contributed by atoms with Crippen LogP contribution >= 0.6 is 0 Å². The first-order valence-corrected chi connectivity index (χ1v) is 6.36. The van der Waals surface area contributed by atoms with Crippen LogP contribution in [0.4, 0.5) is 0 Å². The first-order valence-electron chi connectivity index (χ1n) is 6.36. The molecule has 6 heteroatoms. The summed E-state index contributed by atoms with van der Waals surface area (Å²) in [5.41, 5.74) is 1.55. The molecule has 6 nitrogen and oxygen atoms in total. The average Bonchev–Trinajstić information content (AvgIpc) is 2.73. The maximum atomic E-state index is 11.3. The fraction of sp³-hybridized carbons (Fsp3) is 0.429. The summed E-state index contributed by atoms with van der Waals surface area (Å²) in [4.78, 5) is 17.8. The number of methoxy groups -OCH3 is 1. The number of fused-ring (bicyclic) bond motifs is 1. The molecule has 0 aliphatic carbocycles. The van der Waals surface area contributed by atoms with Gasteiger partial charge in [-0.25, -0.2) is 9.78 Å². The standard InChI is InChI=1S/C14H19N3O3/c1-9(14(18)19)17-12-6-5-10(20-4)7-11(12)15-13(17)8-16(2)3/h5-7,9H,8H2,1-4H3,(H,18,19). The molecular weight excluding hydrogens is 258 g/mol. The SMILES string of the molecule is COc1ccc2c(c1)nc(CN(C)C)n2C(C)C(=O)O. The molecule has 0 radical (unpaired) electrons. The van der Waals surface area contributed by atoms with Crippen molar-refractivity contribution in [1.82, 2.24) is 14.5 Å². The molecule has 20 heavy (non-hydrogen) atoms. The maximum absolute atomic E-state index is 11.3. The summed E-state index contributed by atoms with van der Waals surface area (Å²) >= 11 is 0. The number of carboxylic acids is 1. The Balaban J connectivity index is 2.62. The lowest BCUT2D eigenvalue weighted by Crippen LogP contribution is -2.21.